The number of ether oxygens (including phenoxy) is 1. The monoisotopic (exact) mass is 524 g/mol. The quantitative estimate of drug-likeness (QED) is 0.426. The lowest BCUT2D eigenvalue weighted by molar-refractivity contribution is -0.0495. The Hall–Kier alpha value is -3.51. The molecule has 0 saturated carbocycles. The van der Waals surface area contributed by atoms with Crippen LogP contribution in [0.3, 0.4) is 0 Å². The lowest BCUT2D eigenvalue weighted by atomic mass is 10.1. The van der Waals surface area contributed by atoms with E-state index in [-0.39, 0.29) is 49.2 Å². The molecule has 2 aromatic carbocycles. The predicted octanol–water partition coefficient (Wildman–Crippen LogP) is 5.76. The van der Waals surface area contributed by atoms with E-state index in [9.17, 15) is 23.2 Å². The van der Waals surface area contributed by atoms with E-state index >= 15 is 0 Å². The summed E-state index contributed by atoms with van der Waals surface area (Å²) >= 11 is 0. The summed E-state index contributed by atoms with van der Waals surface area (Å²) in [7, 11) is 0. The van der Waals surface area contributed by atoms with Crippen molar-refractivity contribution in [1.82, 2.24) is 14.4 Å². The molecule has 6 nitrogen and oxygen atoms in total. The maximum absolute atomic E-state index is 14.1. The third-order valence-electron chi connectivity index (χ3n) is 7.61. The van der Waals surface area contributed by atoms with E-state index in [4.69, 9.17) is 4.74 Å². The number of amides is 1. The number of hydrogen-bond donors (Lipinski definition) is 0. The molecule has 2 fully saturated rings. The largest absolute Gasteiger partial charge is 0.490 e. The van der Waals surface area contributed by atoms with Crippen LogP contribution in [-0.2, 0) is 0 Å². The molecule has 3 heterocycles. The Bertz CT molecular complexity index is 1380. The van der Waals surface area contributed by atoms with Crippen molar-refractivity contribution in [3.8, 4) is 17.5 Å². The van der Waals surface area contributed by atoms with Gasteiger partial charge in [0.15, 0.2) is 0 Å². The smallest absolute Gasteiger partial charge is 0.270 e. The van der Waals surface area contributed by atoms with Crippen molar-refractivity contribution in [3.05, 3.63) is 59.5 Å². The summed E-state index contributed by atoms with van der Waals surface area (Å²) in [5.41, 5.74) is 1.24. The standard InChI is InChI=1S/C29H31F3N4O2/c1-19(2)34-11-7-23(8-12-34)38-24-4-6-26-20(16-24)17-27(28(37)35-13-9-29(31,32)10-14-35)36(26)22-3-5-25(30)21(15-22)18-33/h3-6,15-17,19,23H,7-14H2,1-2H3. The second kappa shape index (κ2) is 10.3. The topological polar surface area (TPSA) is 61.5 Å². The first kappa shape index (κ1) is 26.1. The van der Waals surface area contributed by atoms with Crippen LogP contribution in [0, 0.1) is 17.1 Å². The highest BCUT2D eigenvalue weighted by molar-refractivity contribution is 6.00. The normalized spacial score (nSPS) is 18.6. The Balaban J connectivity index is 1.49. The van der Waals surface area contributed by atoms with Gasteiger partial charge in [0.1, 0.15) is 29.4 Å². The SMILES string of the molecule is CC(C)N1CCC(Oc2ccc3c(c2)cc(C(=O)N2CCC(F)(F)CC2)n3-c2ccc(F)c(C#N)c2)CC1. The van der Waals surface area contributed by atoms with Crippen molar-refractivity contribution in [3.63, 3.8) is 0 Å². The molecule has 2 aliphatic heterocycles. The van der Waals surface area contributed by atoms with Crippen LogP contribution >= 0.6 is 0 Å². The maximum atomic E-state index is 14.1. The first-order chi connectivity index (χ1) is 18.1. The molecule has 0 atom stereocenters. The van der Waals surface area contributed by atoms with Gasteiger partial charge in [-0.2, -0.15) is 5.26 Å². The molecule has 2 aliphatic rings. The first-order valence-electron chi connectivity index (χ1n) is 13.1. The lowest BCUT2D eigenvalue weighted by Gasteiger charge is -2.34. The van der Waals surface area contributed by atoms with Crippen molar-refractivity contribution in [1.29, 1.82) is 5.26 Å². The van der Waals surface area contributed by atoms with Crippen LogP contribution in [0.4, 0.5) is 13.2 Å². The fourth-order valence-electron chi connectivity index (χ4n) is 5.34. The second-order valence-electron chi connectivity index (χ2n) is 10.5. The van der Waals surface area contributed by atoms with Gasteiger partial charge in [-0.25, -0.2) is 13.2 Å². The van der Waals surface area contributed by atoms with E-state index in [0.29, 0.717) is 23.0 Å². The predicted molar refractivity (Wildman–Crippen MR) is 138 cm³/mol. The van der Waals surface area contributed by atoms with Crippen LogP contribution in [-0.4, -0.2) is 64.5 Å². The zero-order chi connectivity index (χ0) is 27.0. The third kappa shape index (κ3) is 5.23. The molecule has 200 valence electrons. The van der Waals surface area contributed by atoms with Gasteiger partial charge < -0.3 is 19.1 Å². The summed E-state index contributed by atoms with van der Waals surface area (Å²) < 4.78 is 49.5. The van der Waals surface area contributed by atoms with E-state index in [1.54, 1.807) is 10.6 Å². The fourth-order valence-corrected chi connectivity index (χ4v) is 5.34. The van der Waals surface area contributed by atoms with Crippen LogP contribution < -0.4 is 4.74 Å². The van der Waals surface area contributed by atoms with Gasteiger partial charge in [-0.3, -0.25) is 4.79 Å². The van der Waals surface area contributed by atoms with E-state index in [1.807, 2.05) is 24.3 Å². The minimum Gasteiger partial charge on any atom is -0.490 e. The van der Waals surface area contributed by atoms with Crippen LogP contribution in [0.15, 0.2) is 42.5 Å². The van der Waals surface area contributed by atoms with Crippen molar-refractivity contribution in [2.45, 2.75) is 57.6 Å². The van der Waals surface area contributed by atoms with E-state index in [0.717, 1.165) is 31.3 Å². The van der Waals surface area contributed by atoms with Gasteiger partial charge in [0.05, 0.1) is 11.1 Å². The van der Waals surface area contributed by atoms with Gasteiger partial charge in [0, 0.05) is 56.1 Å². The molecule has 0 spiro atoms. The molecule has 0 bridgehead atoms. The first-order valence-corrected chi connectivity index (χ1v) is 13.1. The molecule has 1 amide bonds. The fraction of sp³-hybridized carbons (Fsp3) is 0.448. The second-order valence-corrected chi connectivity index (χ2v) is 10.5. The molecular weight excluding hydrogens is 493 g/mol. The number of alkyl halides is 2. The number of fused-ring (bicyclic) bond motifs is 1. The number of aromatic nitrogens is 1. The average molecular weight is 525 g/mol. The lowest BCUT2D eigenvalue weighted by Crippen LogP contribution is -2.43. The van der Waals surface area contributed by atoms with Gasteiger partial charge in [-0.1, -0.05) is 0 Å². The molecule has 3 aromatic rings. The summed E-state index contributed by atoms with van der Waals surface area (Å²) in [6.45, 7) is 6.22. The number of nitrogens with zero attached hydrogens (tertiary/aromatic N) is 4. The molecule has 0 N–H and O–H groups in total. The molecule has 0 unspecified atom stereocenters. The zero-order valence-electron chi connectivity index (χ0n) is 21.6. The molecular formula is C29H31F3N4O2. The molecule has 9 heteroatoms. The van der Waals surface area contributed by atoms with Gasteiger partial charge in [0.25, 0.3) is 11.8 Å². The minimum absolute atomic E-state index is 0.0519. The van der Waals surface area contributed by atoms with E-state index < -0.39 is 11.7 Å². The van der Waals surface area contributed by atoms with Crippen LogP contribution in [0.1, 0.15) is 55.6 Å². The Morgan fingerprint density at radius 2 is 1.76 bits per heavy atom. The number of nitriles is 1. The third-order valence-corrected chi connectivity index (χ3v) is 7.61. The number of rotatable bonds is 5. The Kier molecular flexibility index (Phi) is 7.10. The van der Waals surface area contributed by atoms with E-state index in [1.165, 1.54) is 23.1 Å². The molecule has 0 aliphatic carbocycles. The molecule has 0 radical (unpaired) electrons. The number of carbonyl (C=O) groups excluding carboxylic acids is 1. The maximum Gasteiger partial charge on any atom is 0.270 e. The molecule has 38 heavy (non-hydrogen) atoms. The summed E-state index contributed by atoms with van der Waals surface area (Å²) in [5.74, 6) is -3.13. The van der Waals surface area contributed by atoms with Crippen LogP contribution in [0.25, 0.3) is 16.6 Å². The highest BCUT2D eigenvalue weighted by atomic mass is 19.3. The Labute approximate surface area is 220 Å². The van der Waals surface area contributed by atoms with Crippen LogP contribution in [0.2, 0.25) is 0 Å². The van der Waals surface area contributed by atoms with Gasteiger partial charge in [-0.05, 0) is 69.2 Å². The Morgan fingerprint density at radius 1 is 1.05 bits per heavy atom. The zero-order valence-corrected chi connectivity index (χ0v) is 21.6. The average Bonchev–Trinajstić information content (AvgIpc) is 3.27. The van der Waals surface area contributed by atoms with Crippen molar-refractivity contribution in [2.75, 3.05) is 26.2 Å². The summed E-state index contributed by atoms with van der Waals surface area (Å²) in [5, 5.41) is 10.1. The van der Waals surface area contributed by atoms with Crippen LogP contribution in [0.5, 0.6) is 5.75 Å². The molecule has 2 saturated heterocycles. The number of halogens is 3. The number of carbonyl (C=O) groups is 1. The summed E-state index contributed by atoms with van der Waals surface area (Å²) in [6.07, 6.45) is 1.17. The molecule has 5 rings (SSSR count). The highest BCUT2D eigenvalue weighted by Gasteiger charge is 2.36. The van der Waals surface area contributed by atoms with Crippen molar-refractivity contribution >= 4 is 16.8 Å². The Morgan fingerprint density at radius 3 is 2.42 bits per heavy atom. The van der Waals surface area contributed by atoms with Crippen molar-refractivity contribution < 1.29 is 22.7 Å². The number of piperidine rings is 2. The number of hydrogen-bond acceptors (Lipinski definition) is 4. The van der Waals surface area contributed by atoms with E-state index in [2.05, 4.69) is 18.7 Å². The number of likely N-dealkylation sites (tertiary alicyclic amines) is 2. The van der Waals surface area contributed by atoms with Gasteiger partial charge in [0.2, 0.25) is 0 Å². The number of benzene rings is 2. The van der Waals surface area contributed by atoms with Crippen molar-refractivity contribution in [2.24, 2.45) is 0 Å². The van der Waals surface area contributed by atoms with Gasteiger partial charge >= 0.3 is 0 Å². The minimum atomic E-state index is -2.78. The summed E-state index contributed by atoms with van der Waals surface area (Å²) in [6, 6.07) is 13.7. The summed E-state index contributed by atoms with van der Waals surface area (Å²) in [4.78, 5) is 17.4. The van der Waals surface area contributed by atoms with Gasteiger partial charge in [-0.15, -0.1) is 0 Å². The molecule has 1 aromatic heterocycles. The highest BCUT2D eigenvalue weighted by Crippen LogP contribution is 2.33.